The van der Waals surface area contributed by atoms with Gasteiger partial charge in [0.1, 0.15) is 11.6 Å². The first-order valence-electron chi connectivity index (χ1n) is 11.4. The third-order valence-electron chi connectivity index (χ3n) is 4.31. The first-order valence-corrected chi connectivity index (χ1v) is 11.4. The molecule has 0 aliphatic carbocycles. The van der Waals surface area contributed by atoms with Crippen molar-refractivity contribution in [1.82, 2.24) is 0 Å². The van der Waals surface area contributed by atoms with Gasteiger partial charge in [-0.05, 0) is 6.42 Å². The van der Waals surface area contributed by atoms with E-state index in [0.29, 0.717) is 98.5 Å². The summed E-state index contributed by atoms with van der Waals surface area (Å²) in [6.45, 7) is 13.7. The van der Waals surface area contributed by atoms with Crippen molar-refractivity contribution in [1.29, 1.82) is 0 Å². The Kier molecular flexibility index (Phi) is 20.4. The van der Waals surface area contributed by atoms with Crippen LogP contribution in [-0.2, 0) is 38.0 Å². The second kappa shape index (κ2) is 21.0. The molecule has 0 aliphatic heterocycles. The van der Waals surface area contributed by atoms with Crippen LogP contribution in [-0.4, -0.2) is 90.8 Å². The highest BCUT2D eigenvalue weighted by atomic mass is 16.6. The van der Waals surface area contributed by atoms with Crippen molar-refractivity contribution >= 4 is 11.6 Å². The van der Waals surface area contributed by atoms with Crippen molar-refractivity contribution in [2.45, 2.75) is 53.4 Å². The van der Waals surface area contributed by atoms with Gasteiger partial charge in [-0.15, -0.1) is 0 Å². The lowest BCUT2D eigenvalue weighted by Crippen LogP contribution is -2.22. The molecule has 0 N–H and O–H groups in total. The lowest BCUT2D eigenvalue weighted by molar-refractivity contribution is -0.127. The second-order valence-corrected chi connectivity index (χ2v) is 8.09. The first-order chi connectivity index (χ1) is 14.9. The molecule has 184 valence electrons. The molecular formula is C23H44O8. The van der Waals surface area contributed by atoms with E-state index in [-0.39, 0.29) is 17.0 Å². The maximum absolute atomic E-state index is 11.7. The van der Waals surface area contributed by atoms with Gasteiger partial charge < -0.3 is 28.4 Å². The molecule has 0 saturated heterocycles. The van der Waals surface area contributed by atoms with Crippen LogP contribution in [0.1, 0.15) is 53.4 Å². The minimum absolute atomic E-state index is 0.206. The van der Waals surface area contributed by atoms with Crippen LogP contribution in [0.15, 0.2) is 0 Å². The minimum atomic E-state index is -0.305. The normalized spacial score (nSPS) is 11.7. The summed E-state index contributed by atoms with van der Waals surface area (Å²) in [5.41, 5.74) is -0.305. The van der Waals surface area contributed by atoms with Gasteiger partial charge in [0.2, 0.25) is 0 Å². The van der Waals surface area contributed by atoms with Crippen LogP contribution in [0.5, 0.6) is 0 Å². The number of Topliss-reactive ketones (excluding diaryl/α,β-unsaturated/α-hetero) is 2. The molecule has 0 rings (SSSR count). The molecular weight excluding hydrogens is 404 g/mol. The highest BCUT2D eigenvalue weighted by molar-refractivity contribution is 5.83. The summed E-state index contributed by atoms with van der Waals surface area (Å²) in [7, 11) is 0. The van der Waals surface area contributed by atoms with Gasteiger partial charge in [-0.25, -0.2) is 0 Å². The molecule has 0 radical (unpaired) electrons. The Morgan fingerprint density at radius 2 is 0.903 bits per heavy atom. The Morgan fingerprint density at radius 1 is 0.548 bits per heavy atom. The fourth-order valence-electron chi connectivity index (χ4n) is 2.29. The zero-order chi connectivity index (χ0) is 23.2. The molecule has 0 aromatic heterocycles. The van der Waals surface area contributed by atoms with Gasteiger partial charge in [0.25, 0.3) is 0 Å². The number of ketones is 2. The molecule has 0 heterocycles. The fourth-order valence-corrected chi connectivity index (χ4v) is 2.29. The summed E-state index contributed by atoms with van der Waals surface area (Å²) in [6, 6.07) is 0. The number of rotatable bonds is 23. The van der Waals surface area contributed by atoms with Crippen molar-refractivity contribution in [3.63, 3.8) is 0 Å². The molecule has 0 unspecified atom stereocenters. The molecule has 0 aromatic carbocycles. The van der Waals surface area contributed by atoms with Gasteiger partial charge in [-0.3, -0.25) is 9.59 Å². The lowest BCUT2D eigenvalue weighted by atomic mass is 9.89. The first kappa shape index (κ1) is 30.1. The zero-order valence-electron chi connectivity index (χ0n) is 20.1. The Balaban J connectivity index is 3.13. The maximum Gasteiger partial charge on any atom is 0.140 e. The molecule has 0 spiro atoms. The number of carbonyl (C=O) groups is 2. The largest absolute Gasteiger partial charge is 0.379 e. The van der Waals surface area contributed by atoms with Crippen molar-refractivity contribution in [3.8, 4) is 0 Å². The monoisotopic (exact) mass is 448 g/mol. The third kappa shape index (κ3) is 22.1. The molecule has 0 bridgehead atoms. The van der Waals surface area contributed by atoms with E-state index >= 15 is 0 Å². The van der Waals surface area contributed by atoms with E-state index < -0.39 is 0 Å². The second-order valence-electron chi connectivity index (χ2n) is 8.09. The molecule has 8 nitrogen and oxygen atoms in total. The molecule has 31 heavy (non-hydrogen) atoms. The van der Waals surface area contributed by atoms with Gasteiger partial charge in [-0.1, -0.05) is 27.7 Å². The minimum Gasteiger partial charge on any atom is -0.379 e. The Morgan fingerprint density at radius 3 is 1.26 bits per heavy atom. The molecule has 0 atom stereocenters. The highest BCUT2D eigenvalue weighted by Crippen LogP contribution is 2.16. The van der Waals surface area contributed by atoms with Crippen molar-refractivity contribution < 1.29 is 38.0 Å². The van der Waals surface area contributed by atoms with Gasteiger partial charge in [0.15, 0.2) is 0 Å². The van der Waals surface area contributed by atoms with Crippen LogP contribution in [0.3, 0.4) is 0 Å². The number of ether oxygens (including phenoxy) is 6. The van der Waals surface area contributed by atoms with E-state index in [1.54, 1.807) is 0 Å². The summed E-state index contributed by atoms with van der Waals surface area (Å²) < 4.78 is 32.4. The van der Waals surface area contributed by atoms with Crippen molar-refractivity contribution in [3.05, 3.63) is 0 Å². The Bertz CT molecular complexity index is 434. The van der Waals surface area contributed by atoms with E-state index in [0.717, 1.165) is 6.42 Å². The summed E-state index contributed by atoms with van der Waals surface area (Å²) >= 11 is 0. The van der Waals surface area contributed by atoms with E-state index in [2.05, 4.69) is 0 Å². The van der Waals surface area contributed by atoms with Gasteiger partial charge in [0.05, 0.1) is 72.7 Å². The topological polar surface area (TPSA) is 89.5 Å². The van der Waals surface area contributed by atoms with Crippen LogP contribution < -0.4 is 0 Å². The number of hydrogen-bond donors (Lipinski definition) is 0. The number of carbonyl (C=O) groups excluding carboxylic acids is 2. The molecule has 0 saturated carbocycles. The average molecular weight is 449 g/mol. The zero-order valence-corrected chi connectivity index (χ0v) is 20.1. The molecule has 0 aliphatic rings. The van der Waals surface area contributed by atoms with Crippen molar-refractivity contribution in [2.24, 2.45) is 5.41 Å². The summed E-state index contributed by atoms with van der Waals surface area (Å²) in [4.78, 5) is 22.8. The molecule has 0 aromatic rings. The Hall–Kier alpha value is -0.900. The van der Waals surface area contributed by atoms with Crippen molar-refractivity contribution in [2.75, 3.05) is 79.3 Å². The van der Waals surface area contributed by atoms with Gasteiger partial charge in [0, 0.05) is 31.3 Å². The lowest BCUT2D eigenvalue weighted by Gasteiger charge is -2.16. The smallest absolute Gasteiger partial charge is 0.140 e. The summed E-state index contributed by atoms with van der Waals surface area (Å²) in [5.74, 6) is 0.484. The highest BCUT2D eigenvalue weighted by Gasteiger charge is 2.20. The SMILES string of the molecule is CCC(=O)CCCOCCOCCOCCOCCOCCOCCC(=O)C(C)(C)C. The standard InChI is InChI=1S/C23H44O8/c1-5-21(24)7-6-9-26-11-13-28-15-17-30-19-20-31-18-16-29-14-12-27-10-8-22(25)23(2,3)4/h5-20H2,1-4H3. The van der Waals surface area contributed by atoms with E-state index in [1.807, 2.05) is 27.7 Å². The van der Waals surface area contributed by atoms with E-state index in [1.165, 1.54) is 0 Å². The van der Waals surface area contributed by atoms with Crippen LogP contribution in [0.2, 0.25) is 0 Å². The third-order valence-corrected chi connectivity index (χ3v) is 4.31. The van der Waals surface area contributed by atoms with E-state index in [9.17, 15) is 9.59 Å². The average Bonchev–Trinajstić information content (AvgIpc) is 2.73. The predicted molar refractivity (Wildman–Crippen MR) is 119 cm³/mol. The Labute approximate surface area is 188 Å². The maximum atomic E-state index is 11.7. The summed E-state index contributed by atoms with van der Waals surface area (Å²) in [6.07, 6.45) is 2.40. The predicted octanol–water partition coefficient (Wildman–Crippen LogP) is 2.85. The van der Waals surface area contributed by atoms with Gasteiger partial charge in [-0.2, -0.15) is 0 Å². The molecule has 8 heteroatoms. The van der Waals surface area contributed by atoms with E-state index in [4.69, 9.17) is 28.4 Å². The van der Waals surface area contributed by atoms with Gasteiger partial charge >= 0.3 is 0 Å². The van der Waals surface area contributed by atoms with Crippen LogP contribution in [0.25, 0.3) is 0 Å². The van der Waals surface area contributed by atoms with Crippen LogP contribution in [0, 0.1) is 5.41 Å². The fraction of sp³-hybridized carbons (Fsp3) is 0.913. The number of hydrogen-bond acceptors (Lipinski definition) is 8. The molecule has 0 amide bonds. The summed E-state index contributed by atoms with van der Waals surface area (Å²) in [5, 5.41) is 0. The quantitative estimate of drug-likeness (QED) is 0.221. The van der Waals surface area contributed by atoms with Crippen LogP contribution in [0.4, 0.5) is 0 Å². The van der Waals surface area contributed by atoms with Crippen LogP contribution >= 0.6 is 0 Å². The molecule has 0 fully saturated rings.